The maximum Gasteiger partial charge on any atom is 0.108 e. The minimum absolute atomic E-state index is 0.834. The average Bonchev–Trinajstić information content (AvgIpc) is 2.91. The summed E-state index contributed by atoms with van der Waals surface area (Å²) in [6.45, 7) is 4.33. The van der Waals surface area contributed by atoms with E-state index in [4.69, 9.17) is 0 Å². The first-order valence-electron chi connectivity index (χ1n) is 5.63. The normalized spacial score (nSPS) is 16.1. The lowest BCUT2D eigenvalue weighted by Gasteiger charge is -2.05. The summed E-state index contributed by atoms with van der Waals surface area (Å²) in [5.74, 6) is 1.23. The molecule has 1 aromatic rings. The Balaban J connectivity index is 1.68. The maximum absolute atomic E-state index is 4.35. The van der Waals surface area contributed by atoms with Gasteiger partial charge in [-0.2, -0.15) is 0 Å². The fraction of sp³-hybridized carbons (Fsp3) is 0.727. The molecule has 14 heavy (non-hydrogen) atoms. The van der Waals surface area contributed by atoms with Crippen LogP contribution in [0.15, 0.2) is 12.4 Å². The SMILES string of the molecule is CCn1ccnc1CCCNC1CC1. The topological polar surface area (TPSA) is 29.9 Å². The molecule has 0 bridgehead atoms. The fourth-order valence-electron chi connectivity index (χ4n) is 1.70. The van der Waals surface area contributed by atoms with Crippen molar-refractivity contribution in [1.29, 1.82) is 0 Å². The van der Waals surface area contributed by atoms with Crippen LogP contribution in [0.3, 0.4) is 0 Å². The van der Waals surface area contributed by atoms with Crippen LogP contribution in [0.4, 0.5) is 0 Å². The number of nitrogens with zero attached hydrogens (tertiary/aromatic N) is 2. The van der Waals surface area contributed by atoms with E-state index in [0.717, 1.165) is 25.6 Å². The molecule has 3 nitrogen and oxygen atoms in total. The summed E-state index contributed by atoms with van der Waals surface area (Å²) in [7, 11) is 0. The molecule has 1 heterocycles. The summed E-state index contributed by atoms with van der Waals surface area (Å²) in [5.41, 5.74) is 0. The van der Waals surface area contributed by atoms with E-state index in [-0.39, 0.29) is 0 Å². The van der Waals surface area contributed by atoms with Crippen molar-refractivity contribution in [2.45, 2.75) is 45.2 Å². The molecule has 0 spiro atoms. The van der Waals surface area contributed by atoms with Crippen molar-refractivity contribution in [3.63, 3.8) is 0 Å². The zero-order valence-electron chi connectivity index (χ0n) is 8.87. The zero-order chi connectivity index (χ0) is 9.80. The smallest absolute Gasteiger partial charge is 0.108 e. The van der Waals surface area contributed by atoms with Gasteiger partial charge in [-0.3, -0.25) is 0 Å². The van der Waals surface area contributed by atoms with Gasteiger partial charge < -0.3 is 9.88 Å². The number of imidazole rings is 1. The van der Waals surface area contributed by atoms with E-state index in [0.29, 0.717) is 0 Å². The van der Waals surface area contributed by atoms with Gasteiger partial charge in [-0.25, -0.2) is 4.98 Å². The van der Waals surface area contributed by atoms with Crippen molar-refractivity contribution in [3.05, 3.63) is 18.2 Å². The average molecular weight is 193 g/mol. The van der Waals surface area contributed by atoms with Crippen LogP contribution in [0.2, 0.25) is 0 Å². The molecule has 2 rings (SSSR count). The molecule has 1 N–H and O–H groups in total. The van der Waals surface area contributed by atoms with Gasteiger partial charge in [0.15, 0.2) is 0 Å². The van der Waals surface area contributed by atoms with E-state index in [2.05, 4.69) is 28.0 Å². The summed E-state index contributed by atoms with van der Waals surface area (Å²) in [6, 6.07) is 0.834. The van der Waals surface area contributed by atoms with E-state index in [9.17, 15) is 0 Å². The fourth-order valence-corrected chi connectivity index (χ4v) is 1.70. The quantitative estimate of drug-likeness (QED) is 0.695. The Hall–Kier alpha value is -0.830. The second-order valence-electron chi connectivity index (χ2n) is 3.96. The molecule has 0 atom stereocenters. The predicted molar refractivity (Wildman–Crippen MR) is 57.2 cm³/mol. The molecule has 0 unspecified atom stereocenters. The Kier molecular flexibility index (Phi) is 3.19. The van der Waals surface area contributed by atoms with Crippen LogP contribution in [0.1, 0.15) is 32.0 Å². The Morgan fingerprint density at radius 3 is 3.14 bits per heavy atom. The van der Waals surface area contributed by atoms with Gasteiger partial charge in [0.2, 0.25) is 0 Å². The lowest BCUT2D eigenvalue weighted by molar-refractivity contribution is 0.612. The largest absolute Gasteiger partial charge is 0.335 e. The Labute approximate surface area is 85.5 Å². The van der Waals surface area contributed by atoms with Crippen molar-refractivity contribution >= 4 is 0 Å². The first kappa shape index (κ1) is 9.71. The van der Waals surface area contributed by atoms with Gasteiger partial charge in [0.05, 0.1) is 0 Å². The zero-order valence-corrected chi connectivity index (χ0v) is 8.87. The van der Waals surface area contributed by atoms with Gasteiger partial charge in [0.1, 0.15) is 5.82 Å². The van der Waals surface area contributed by atoms with Crippen LogP contribution < -0.4 is 5.32 Å². The van der Waals surface area contributed by atoms with Crippen LogP contribution >= 0.6 is 0 Å². The van der Waals surface area contributed by atoms with Gasteiger partial charge in [-0.15, -0.1) is 0 Å². The Bertz CT molecular complexity index is 276. The third-order valence-electron chi connectivity index (χ3n) is 2.73. The van der Waals surface area contributed by atoms with Crippen molar-refractivity contribution in [3.8, 4) is 0 Å². The second kappa shape index (κ2) is 4.60. The van der Waals surface area contributed by atoms with Crippen LogP contribution in [0, 0.1) is 0 Å². The monoisotopic (exact) mass is 193 g/mol. The maximum atomic E-state index is 4.35. The molecule has 1 aliphatic carbocycles. The highest BCUT2D eigenvalue weighted by molar-refractivity contribution is 4.92. The van der Waals surface area contributed by atoms with Crippen molar-refractivity contribution in [2.75, 3.05) is 6.54 Å². The molecule has 0 aromatic carbocycles. The van der Waals surface area contributed by atoms with Crippen LogP contribution in [0.5, 0.6) is 0 Å². The number of rotatable bonds is 6. The lowest BCUT2D eigenvalue weighted by atomic mass is 10.3. The summed E-state index contributed by atoms with van der Waals surface area (Å²) in [6.07, 6.45) is 9.01. The van der Waals surface area contributed by atoms with Gasteiger partial charge >= 0.3 is 0 Å². The lowest BCUT2D eigenvalue weighted by Crippen LogP contribution is -2.18. The van der Waals surface area contributed by atoms with Crippen molar-refractivity contribution in [1.82, 2.24) is 14.9 Å². The summed E-state index contributed by atoms with van der Waals surface area (Å²) >= 11 is 0. The number of nitrogens with one attached hydrogen (secondary N) is 1. The van der Waals surface area contributed by atoms with Crippen molar-refractivity contribution < 1.29 is 0 Å². The number of aromatic nitrogens is 2. The molecule has 0 saturated heterocycles. The van der Waals surface area contributed by atoms with Gasteiger partial charge in [0, 0.05) is 31.4 Å². The van der Waals surface area contributed by atoms with E-state index >= 15 is 0 Å². The third kappa shape index (κ3) is 2.58. The second-order valence-corrected chi connectivity index (χ2v) is 3.96. The molecule has 3 heteroatoms. The van der Waals surface area contributed by atoms with E-state index in [1.165, 1.54) is 25.1 Å². The first-order chi connectivity index (χ1) is 6.90. The van der Waals surface area contributed by atoms with Gasteiger partial charge in [-0.1, -0.05) is 0 Å². The van der Waals surface area contributed by atoms with E-state index < -0.39 is 0 Å². The van der Waals surface area contributed by atoms with Gasteiger partial charge in [-0.05, 0) is 32.7 Å². The molecular weight excluding hydrogens is 174 g/mol. The predicted octanol–water partition coefficient (Wildman–Crippen LogP) is 1.59. The highest BCUT2D eigenvalue weighted by Crippen LogP contribution is 2.18. The van der Waals surface area contributed by atoms with Crippen LogP contribution in [-0.2, 0) is 13.0 Å². The van der Waals surface area contributed by atoms with E-state index in [1.807, 2.05) is 6.20 Å². The standard InChI is InChI=1S/C11H19N3/c1-2-14-9-8-13-11(14)4-3-7-12-10-5-6-10/h8-10,12H,2-7H2,1H3. The molecular formula is C11H19N3. The Morgan fingerprint density at radius 1 is 1.57 bits per heavy atom. The number of aryl methyl sites for hydroxylation is 2. The van der Waals surface area contributed by atoms with Crippen molar-refractivity contribution in [2.24, 2.45) is 0 Å². The molecule has 1 saturated carbocycles. The molecule has 0 aliphatic heterocycles. The van der Waals surface area contributed by atoms with Gasteiger partial charge in [0.25, 0.3) is 0 Å². The molecule has 1 fully saturated rings. The summed E-state index contributed by atoms with van der Waals surface area (Å²) in [4.78, 5) is 4.35. The highest BCUT2D eigenvalue weighted by atomic mass is 15.1. The Morgan fingerprint density at radius 2 is 2.43 bits per heavy atom. The summed E-state index contributed by atoms with van der Waals surface area (Å²) < 4.78 is 2.22. The molecule has 78 valence electrons. The van der Waals surface area contributed by atoms with Crippen LogP contribution in [0.25, 0.3) is 0 Å². The minimum Gasteiger partial charge on any atom is -0.335 e. The molecule has 0 amide bonds. The summed E-state index contributed by atoms with van der Waals surface area (Å²) in [5, 5.41) is 3.52. The molecule has 1 aliphatic rings. The first-order valence-corrected chi connectivity index (χ1v) is 5.63. The number of hydrogen-bond acceptors (Lipinski definition) is 2. The third-order valence-corrected chi connectivity index (χ3v) is 2.73. The molecule has 0 radical (unpaired) electrons. The highest BCUT2D eigenvalue weighted by Gasteiger charge is 2.19. The van der Waals surface area contributed by atoms with E-state index in [1.54, 1.807) is 0 Å². The minimum atomic E-state index is 0.834. The molecule has 1 aromatic heterocycles. The number of hydrogen-bond donors (Lipinski definition) is 1. The van der Waals surface area contributed by atoms with Crippen LogP contribution in [-0.4, -0.2) is 22.1 Å².